The van der Waals surface area contributed by atoms with Crippen molar-refractivity contribution in [3.8, 4) is 0 Å². The van der Waals surface area contributed by atoms with Crippen LogP contribution in [0.4, 0.5) is 18.9 Å². The third kappa shape index (κ3) is 2.42. The summed E-state index contributed by atoms with van der Waals surface area (Å²) in [5.41, 5.74) is -1.22. The molecular weight excluding hydrogens is 345 g/mol. The maximum Gasteiger partial charge on any atom is 0.455 e. The van der Waals surface area contributed by atoms with Crippen molar-refractivity contribution in [2.24, 2.45) is 0 Å². The summed E-state index contributed by atoms with van der Waals surface area (Å²) in [6.45, 7) is 1.83. The van der Waals surface area contributed by atoms with Gasteiger partial charge in [-0.3, -0.25) is 4.79 Å². The van der Waals surface area contributed by atoms with Gasteiger partial charge >= 0.3 is 17.9 Å². The number of anilines is 1. The molecule has 2 aromatic carbocycles. The summed E-state index contributed by atoms with van der Waals surface area (Å²) in [6, 6.07) is 13.2. The Hall–Kier alpha value is -2.96. The van der Waals surface area contributed by atoms with Gasteiger partial charge in [0.05, 0.1) is 12.1 Å². The third-order valence-electron chi connectivity index (χ3n) is 4.52. The standard InChI is InChI=1S/C19H15F3N2O2/c1-11-6-8-12(9-7-11)24-18(19(20,21)22)17-14(10-16(25)26-18)13-4-2-3-5-15(13)23-17/h2-9,23-24H,10H2,1H3. The molecule has 7 heteroatoms. The zero-order valence-corrected chi connectivity index (χ0v) is 13.8. The van der Waals surface area contributed by atoms with Crippen LogP contribution in [0.5, 0.6) is 0 Å². The fourth-order valence-corrected chi connectivity index (χ4v) is 3.29. The van der Waals surface area contributed by atoms with Crippen molar-refractivity contribution in [1.82, 2.24) is 4.98 Å². The molecule has 0 spiro atoms. The van der Waals surface area contributed by atoms with Crippen LogP contribution in [0.25, 0.3) is 10.9 Å². The summed E-state index contributed by atoms with van der Waals surface area (Å²) in [5.74, 6) is -0.931. The van der Waals surface area contributed by atoms with Crippen LogP contribution < -0.4 is 5.32 Å². The molecule has 0 radical (unpaired) electrons. The van der Waals surface area contributed by atoms with Gasteiger partial charge in [-0.2, -0.15) is 13.2 Å². The minimum Gasteiger partial charge on any atom is -0.423 e. The first-order valence-corrected chi connectivity index (χ1v) is 8.04. The number of fused-ring (bicyclic) bond motifs is 3. The number of ether oxygens (including phenoxy) is 1. The van der Waals surface area contributed by atoms with E-state index >= 15 is 0 Å². The minimum atomic E-state index is -4.87. The maximum atomic E-state index is 14.2. The van der Waals surface area contributed by atoms with Crippen LogP contribution in [0.3, 0.4) is 0 Å². The van der Waals surface area contributed by atoms with Gasteiger partial charge in [0.15, 0.2) is 0 Å². The van der Waals surface area contributed by atoms with Crippen molar-refractivity contribution in [1.29, 1.82) is 0 Å². The normalized spacial score (nSPS) is 19.9. The summed E-state index contributed by atoms with van der Waals surface area (Å²) in [5, 5.41) is 2.99. The molecule has 2 heterocycles. The summed E-state index contributed by atoms with van der Waals surface area (Å²) < 4.78 is 47.5. The lowest BCUT2D eigenvalue weighted by atomic mass is 9.96. The van der Waals surface area contributed by atoms with Gasteiger partial charge in [-0.1, -0.05) is 35.9 Å². The number of aryl methyl sites for hydroxylation is 1. The molecule has 1 aliphatic heterocycles. The summed E-state index contributed by atoms with van der Waals surface area (Å²) in [4.78, 5) is 14.9. The van der Waals surface area contributed by atoms with E-state index in [0.717, 1.165) is 5.56 Å². The molecule has 2 N–H and O–H groups in total. The molecule has 0 saturated carbocycles. The van der Waals surface area contributed by atoms with Gasteiger partial charge < -0.3 is 15.0 Å². The lowest BCUT2D eigenvalue weighted by molar-refractivity contribution is -0.269. The Bertz CT molecular complexity index is 992. The van der Waals surface area contributed by atoms with E-state index < -0.39 is 17.9 Å². The first kappa shape index (κ1) is 16.5. The van der Waals surface area contributed by atoms with Crippen LogP contribution in [0.2, 0.25) is 0 Å². The molecule has 26 heavy (non-hydrogen) atoms. The first-order chi connectivity index (χ1) is 12.3. The number of para-hydroxylation sites is 1. The SMILES string of the molecule is Cc1ccc(NC2(C(F)(F)F)OC(=O)Cc3c2[nH]c2ccccc32)cc1. The number of cyclic esters (lactones) is 1. The molecule has 3 aromatic rings. The number of H-pyrrole nitrogens is 1. The molecular formula is C19H15F3N2O2. The van der Waals surface area contributed by atoms with Gasteiger partial charge in [-0.15, -0.1) is 0 Å². The largest absolute Gasteiger partial charge is 0.455 e. The van der Waals surface area contributed by atoms with Crippen LogP contribution in [0.15, 0.2) is 48.5 Å². The molecule has 1 aromatic heterocycles. The molecule has 1 atom stereocenters. The highest BCUT2D eigenvalue weighted by Crippen LogP contribution is 2.47. The van der Waals surface area contributed by atoms with E-state index in [1.54, 1.807) is 36.4 Å². The van der Waals surface area contributed by atoms with Gasteiger partial charge in [-0.25, -0.2) is 0 Å². The van der Waals surface area contributed by atoms with Crippen molar-refractivity contribution >= 4 is 22.6 Å². The topological polar surface area (TPSA) is 54.1 Å². The quantitative estimate of drug-likeness (QED) is 0.666. The second kappa shape index (κ2) is 5.52. The second-order valence-corrected chi connectivity index (χ2v) is 6.34. The molecule has 0 aliphatic carbocycles. The Labute approximate surface area is 147 Å². The molecule has 4 rings (SSSR count). The number of carbonyl (C=O) groups is 1. The number of halogens is 3. The van der Waals surface area contributed by atoms with Crippen LogP contribution >= 0.6 is 0 Å². The molecule has 1 unspecified atom stereocenters. The van der Waals surface area contributed by atoms with Gasteiger partial charge in [0.25, 0.3) is 0 Å². The number of rotatable bonds is 2. The predicted octanol–water partition coefficient (Wildman–Crippen LogP) is 4.40. The number of benzene rings is 2. The number of hydrogen-bond donors (Lipinski definition) is 2. The Balaban J connectivity index is 1.95. The number of aromatic amines is 1. The summed E-state index contributed by atoms with van der Waals surface area (Å²) in [7, 11) is 0. The van der Waals surface area contributed by atoms with Crippen LogP contribution in [-0.2, 0) is 21.7 Å². The molecule has 0 bridgehead atoms. The average molecular weight is 360 g/mol. The molecule has 4 nitrogen and oxygen atoms in total. The van der Waals surface area contributed by atoms with Crippen molar-refractivity contribution in [2.45, 2.75) is 25.2 Å². The van der Waals surface area contributed by atoms with E-state index in [1.165, 1.54) is 12.1 Å². The molecule has 0 fully saturated rings. The number of alkyl halides is 3. The van der Waals surface area contributed by atoms with Crippen LogP contribution in [0, 0.1) is 6.92 Å². The monoisotopic (exact) mass is 360 g/mol. The van der Waals surface area contributed by atoms with Crippen LogP contribution in [-0.4, -0.2) is 17.1 Å². The number of nitrogens with one attached hydrogen (secondary N) is 2. The Morgan fingerprint density at radius 1 is 1.12 bits per heavy atom. The van der Waals surface area contributed by atoms with E-state index in [4.69, 9.17) is 4.74 Å². The van der Waals surface area contributed by atoms with Crippen molar-refractivity contribution in [3.63, 3.8) is 0 Å². The van der Waals surface area contributed by atoms with Gasteiger partial charge in [0, 0.05) is 16.6 Å². The smallest absolute Gasteiger partial charge is 0.423 e. The third-order valence-corrected chi connectivity index (χ3v) is 4.52. The molecule has 1 aliphatic rings. The zero-order valence-electron chi connectivity index (χ0n) is 13.8. The number of hydrogen-bond acceptors (Lipinski definition) is 3. The average Bonchev–Trinajstić information content (AvgIpc) is 2.95. The lowest BCUT2D eigenvalue weighted by Crippen LogP contribution is -2.55. The highest BCUT2D eigenvalue weighted by molar-refractivity contribution is 5.91. The van der Waals surface area contributed by atoms with Crippen LogP contribution in [0.1, 0.15) is 16.8 Å². The van der Waals surface area contributed by atoms with E-state index in [0.29, 0.717) is 16.5 Å². The maximum absolute atomic E-state index is 14.2. The number of esters is 1. The van der Waals surface area contributed by atoms with E-state index in [9.17, 15) is 18.0 Å². The Morgan fingerprint density at radius 3 is 2.50 bits per heavy atom. The molecule has 0 saturated heterocycles. The number of carbonyl (C=O) groups excluding carboxylic acids is 1. The molecule has 134 valence electrons. The lowest BCUT2D eigenvalue weighted by Gasteiger charge is -2.38. The zero-order chi connectivity index (χ0) is 18.5. The minimum absolute atomic E-state index is 0.189. The Morgan fingerprint density at radius 2 is 1.81 bits per heavy atom. The van der Waals surface area contributed by atoms with E-state index in [-0.39, 0.29) is 17.8 Å². The molecule has 0 amide bonds. The van der Waals surface area contributed by atoms with E-state index in [2.05, 4.69) is 10.3 Å². The summed E-state index contributed by atoms with van der Waals surface area (Å²) >= 11 is 0. The highest BCUT2D eigenvalue weighted by Gasteiger charge is 2.64. The van der Waals surface area contributed by atoms with Gasteiger partial charge in [0.2, 0.25) is 0 Å². The van der Waals surface area contributed by atoms with Crippen molar-refractivity contribution < 1.29 is 22.7 Å². The van der Waals surface area contributed by atoms with Crippen molar-refractivity contribution in [3.05, 3.63) is 65.4 Å². The second-order valence-electron chi connectivity index (χ2n) is 6.34. The summed E-state index contributed by atoms with van der Waals surface area (Å²) in [6.07, 6.45) is -5.09. The Kier molecular flexibility index (Phi) is 3.50. The van der Waals surface area contributed by atoms with E-state index in [1.807, 2.05) is 6.92 Å². The number of aromatic nitrogens is 1. The predicted molar refractivity (Wildman–Crippen MR) is 90.6 cm³/mol. The first-order valence-electron chi connectivity index (χ1n) is 8.04. The van der Waals surface area contributed by atoms with Gasteiger partial charge in [0.1, 0.15) is 0 Å². The fraction of sp³-hybridized carbons (Fsp3) is 0.211. The van der Waals surface area contributed by atoms with Crippen molar-refractivity contribution in [2.75, 3.05) is 5.32 Å². The fourth-order valence-electron chi connectivity index (χ4n) is 3.29. The van der Waals surface area contributed by atoms with Gasteiger partial charge in [-0.05, 0) is 30.7 Å². The highest BCUT2D eigenvalue weighted by atomic mass is 19.4.